The van der Waals surface area contributed by atoms with Crippen LogP contribution < -0.4 is 10.1 Å². The minimum Gasteiger partial charge on any atom is -0.506 e. The second-order valence-electron chi connectivity index (χ2n) is 11.8. The van der Waals surface area contributed by atoms with Crippen LogP contribution in [0.2, 0.25) is 0 Å². The fourth-order valence-corrected chi connectivity index (χ4v) is 6.61. The van der Waals surface area contributed by atoms with Crippen molar-refractivity contribution >= 4 is 34.3 Å². The number of unbranched alkanes of at least 4 members (excludes halogenated alkanes) is 11. The number of hydrogen-bond donors (Lipinski definition) is 2. The van der Waals surface area contributed by atoms with Crippen LogP contribution in [0.4, 0.5) is 5.69 Å². The van der Waals surface area contributed by atoms with Gasteiger partial charge < -0.3 is 15.2 Å². The van der Waals surface area contributed by atoms with Crippen LogP contribution in [0.3, 0.4) is 0 Å². The molecule has 0 aliphatic heterocycles. The number of nitrogens with one attached hydrogen (secondary N) is 1. The number of carbonyl (C=O) groups excluding carboxylic acids is 1. The third kappa shape index (κ3) is 9.58. The molecule has 2 N–H and O–H groups in total. The largest absolute Gasteiger partial charge is 0.506 e. The van der Waals surface area contributed by atoms with Crippen LogP contribution in [0.25, 0.3) is 22.2 Å². The molecule has 5 aromatic rings. The molecule has 9 heteroatoms. The highest BCUT2D eigenvalue weighted by Crippen LogP contribution is 2.38. The van der Waals surface area contributed by atoms with Gasteiger partial charge in [-0.25, -0.2) is 0 Å². The van der Waals surface area contributed by atoms with Crippen LogP contribution in [-0.4, -0.2) is 37.2 Å². The van der Waals surface area contributed by atoms with Gasteiger partial charge in [0.1, 0.15) is 11.5 Å². The standard InChI is InChI=1S/C38H45N5O3S/c1-2-3-4-5-6-7-8-9-10-11-12-20-27-46-34-26-19-18-25-33(34)39-38(45)32-28-35(30-23-16-17-24-31(30)36(32)44)47-43-37(40-41-42-43)29-21-14-13-15-22-29/h13-19,21-26,28,44H,2-12,20,27H2,1H3,(H,39,45). The van der Waals surface area contributed by atoms with E-state index in [1.165, 1.54) is 76.2 Å². The Morgan fingerprint density at radius 3 is 2.13 bits per heavy atom. The monoisotopic (exact) mass is 651 g/mol. The van der Waals surface area contributed by atoms with Crippen molar-refractivity contribution < 1.29 is 14.6 Å². The molecule has 246 valence electrons. The predicted octanol–water partition coefficient (Wildman–Crippen LogP) is 10.1. The van der Waals surface area contributed by atoms with Crippen LogP contribution >= 0.6 is 11.9 Å². The third-order valence-electron chi connectivity index (χ3n) is 8.27. The van der Waals surface area contributed by atoms with Crippen LogP contribution in [-0.2, 0) is 0 Å². The van der Waals surface area contributed by atoms with E-state index in [1.807, 2.05) is 72.8 Å². The van der Waals surface area contributed by atoms with Crippen molar-refractivity contribution in [3.63, 3.8) is 0 Å². The normalized spacial score (nSPS) is 11.2. The van der Waals surface area contributed by atoms with Crippen molar-refractivity contribution in [2.24, 2.45) is 0 Å². The molecule has 1 aromatic heterocycles. The second kappa shape index (κ2) is 18.1. The van der Waals surface area contributed by atoms with Gasteiger partial charge in [-0.1, -0.05) is 144 Å². The maximum Gasteiger partial charge on any atom is 0.259 e. The topological polar surface area (TPSA) is 102 Å². The van der Waals surface area contributed by atoms with E-state index in [2.05, 4.69) is 27.8 Å². The molecule has 0 bridgehead atoms. The van der Waals surface area contributed by atoms with Crippen LogP contribution in [0.15, 0.2) is 89.8 Å². The number of amides is 1. The van der Waals surface area contributed by atoms with Gasteiger partial charge in [-0.3, -0.25) is 4.79 Å². The fraction of sp³-hybridized carbons (Fsp3) is 0.368. The Balaban J connectivity index is 1.19. The number of aromatic hydroxyl groups is 1. The molecular weight excluding hydrogens is 607 g/mol. The van der Waals surface area contributed by atoms with Crippen LogP contribution in [0, 0.1) is 0 Å². The summed E-state index contributed by atoms with van der Waals surface area (Å²) in [6, 6.07) is 26.2. The number of fused-ring (bicyclic) bond motifs is 1. The highest BCUT2D eigenvalue weighted by atomic mass is 32.2. The molecule has 5 rings (SSSR count). The van der Waals surface area contributed by atoms with Crippen molar-refractivity contribution in [1.29, 1.82) is 0 Å². The molecule has 0 atom stereocenters. The summed E-state index contributed by atoms with van der Waals surface area (Å²) >= 11 is 1.29. The molecule has 4 aromatic carbocycles. The Morgan fingerprint density at radius 2 is 1.40 bits per heavy atom. The number of carbonyl (C=O) groups is 1. The first kappa shape index (κ1) is 34.0. The number of phenols is 1. The lowest BCUT2D eigenvalue weighted by Crippen LogP contribution is -2.14. The highest BCUT2D eigenvalue weighted by molar-refractivity contribution is 7.98. The quantitative estimate of drug-likeness (QED) is 0.0857. The van der Waals surface area contributed by atoms with Gasteiger partial charge in [0.2, 0.25) is 0 Å². The van der Waals surface area contributed by atoms with E-state index < -0.39 is 5.91 Å². The van der Waals surface area contributed by atoms with E-state index >= 15 is 0 Å². The molecule has 0 aliphatic carbocycles. The number of phenolic OH excluding ortho intramolecular Hbond substituents is 1. The number of anilines is 1. The minimum atomic E-state index is -0.434. The Morgan fingerprint density at radius 1 is 0.787 bits per heavy atom. The molecular formula is C38H45N5O3S. The van der Waals surface area contributed by atoms with E-state index in [9.17, 15) is 9.90 Å². The molecule has 0 radical (unpaired) electrons. The minimum absolute atomic E-state index is 0.0858. The van der Waals surface area contributed by atoms with Gasteiger partial charge in [0.25, 0.3) is 5.91 Å². The Bertz CT molecular complexity index is 1710. The van der Waals surface area contributed by atoms with Crippen LogP contribution in [0.1, 0.15) is 94.3 Å². The Labute approximate surface area is 282 Å². The lowest BCUT2D eigenvalue weighted by molar-refractivity contribution is 0.102. The number of nitrogens with zero attached hydrogens (tertiary/aromatic N) is 4. The molecule has 0 fully saturated rings. The number of hydrogen-bond acceptors (Lipinski definition) is 7. The maximum atomic E-state index is 13.7. The number of benzene rings is 4. The van der Waals surface area contributed by atoms with Gasteiger partial charge in [0, 0.05) is 33.2 Å². The van der Waals surface area contributed by atoms with E-state index in [0.29, 0.717) is 29.3 Å². The van der Waals surface area contributed by atoms with E-state index in [0.717, 1.165) is 28.7 Å². The van der Waals surface area contributed by atoms with Gasteiger partial charge in [0.15, 0.2) is 5.82 Å². The Hall–Kier alpha value is -4.37. The molecule has 0 unspecified atom stereocenters. The number of tetrazole rings is 1. The zero-order chi connectivity index (χ0) is 32.7. The SMILES string of the molecule is CCCCCCCCCCCCCCOc1ccccc1NC(=O)c1cc(Sn2nnnc2-c2ccccc2)c2ccccc2c1O. The number of ether oxygens (including phenoxy) is 1. The summed E-state index contributed by atoms with van der Waals surface area (Å²) < 4.78 is 7.73. The first-order chi connectivity index (χ1) is 23.2. The first-order valence-electron chi connectivity index (χ1n) is 17.0. The number of aromatic nitrogens is 4. The summed E-state index contributed by atoms with van der Waals surface area (Å²) in [4.78, 5) is 14.4. The van der Waals surface area contributed by atoms with Crippen LogP contribution in [0.5, 0.6) is 11.5 Å². The van der Waals surface area contributed by atoms with Gasteiger partial charge in [-0.2, -0.15) is 4.09 Å². The maximum absolute atomic E-state index is 13.7. The van der Waals surface area contributed by atoms with Crippen molar-refractivity contribution in [1.82, 2.24) is 19.6 Å². The molecule has 1 amide bonds. The first-order valence-corrected chi connectivity index (χ1v) is 17.7. The zero-order valence-electron chi connectivity index (χ0n) is 27.2. The highest BCUT2D eigenvalue weighted by Gasteiger charge is 2.20. The summed E-state index contributed by atoms with van der Waals surface area (Å²) in [6.45, 7) is 2.85. The molecule has 0 spiro atoms. The van der Waals surface area contributed by atoms with Gasteiger partial charge >= 0.3 is 0 Å². The number of rotatable bonds is 19. The molecule has 0 saturated carbocycles. The van der Waals surface area contributed by atoms with Gasteiger partial charge in [0.05, 0.1) is 17.9 Å². The number of para-hydroxylation sites is 2. The molecule has 1 heterocycles. The summed E-state index contributed by atoms with van der Waals surface area (Å²) in [5, 5.41) is 27.8. The van der Waals surface area contributed by atoms with E-state index in [4.69, 9.17) is 4.74 Å². The average Bonchev–Trinajstić information content (AvgIpc) is 3.57. The molecule has 0 saturated heterocycles. The van der Waals surface area contributed by atoms with E-state index in [1.54, 1.807) is 16.2 Å². The molecule has 8 nitrogen and oxygen atoms in total. The summed E-state index contributed by atoms with van der Waals surface area (Å²) in [7, 11) is 0. The summed E-state index contributed by atoms with van der Waals surface area (Å²) in [5.41, 5.74) is 1.58. The van der Waals surface area contributed by atoms with Gasteiger partial charge in [-0.15, -0.1) is 5.10 Å². The molecule has 47 heavy (non-hydrogen) atoms. The van der Waals surface area contributed by atoms with Crippen molar-refractivity contribution in [3.05, 3.63) is 90.5 Å². The second-order valence-corrected chi connectivity index (χ2v) is 12.8. The fourth-order valence-electron chi connectivity index (χ4n) is 5.68. The zero-order valence-corrected chi connectivity index (χ0v) is 28.1. The summed E-state index contributed by atoms with van der Waals surface area (Å²) in [6.07, 6.45) is 15.4. The smallest absolute Gasteiger partial charge is 0.259 e. The lowest BCUT2D eigenvalue weighted by Gasteiger charge is -2.15. The predicted molar refractivity (Wildman–Crippen MR) is 191 cm³/mol. The Kier molecular flexibility index (Phi) is 13.1. The lowest BCUT2D eigenvalue weighted by atomic mass is 10.0. The summed E-state index contributed by atoms with van der Waals surface area (Å²) in [5.74, 6) is 0.673. The van der Waals surface area contributed by atoms with E-state index in [-0.39, 0.29) is 11.3 Å². The molecule has 0 aliphatic rings. The van der Waals surface area contributed by atoms with Gasteiger partial charge in [-0.05, 0) is 35.0 Å². The third-order valence-corrected chi connectivity index (χ3v) is 9.23. The van der Waals surface area contributed by atoms with Crippen molar-refractivity contribution in [3.8, 4) is 22.9 Å². The van der Waals surface area contributed by atoms with Crippen molar-refractivity contribution in [2.75, 3.05) is 11.9 Å². The average molecular weight is 652 g/mol. The van der Waals surface area contributed by atoms with Crippen molar-refractivity contribution in [2.45, 2.75) is 88.9 Å².